The summed E-state index contributed by atoms with van der Waals surface area (Å²) in [5.41, 5.74) is 5.33. The van der Waals surface area contributed by atoms with Crippen LogP contribution >= 0.6 is 7.82 Å². The highest BCUT2D eigenvalue weighted by Gasteiger charge is 2.25. The van der Waals surface area contributed by atoms with Crippen molar-refractivity contribution in [2.75, 3.05) is 33.0 Å². The largest absolute Gasteiger partial charge is 0.472 e. The maximum atomic E-state index is 12.4. The van der Waals surface area contributed by atoms with Crippen molar-refractivity contribution in [2.45, 2.75) is 168 Å². The first kappa shape index (κ1) is 40.5. The molecule has 0 aliphatic rings. The Labute approximate surface area is 252 Å². The van der Waals surface area contributed by atoms with Crippen molar-refractivity contribution in [1.82, 2.24) is 0 Å². The van der Waals surface area contributed by atoms with E-state index in [4.69, 9.17) is 24.3 Å². The van der Waals surface area contributed by atoms with Gasteiger partial charge in [0.25, 0.3) is 0 Å². The van der Waals surface area contributed by atoms with Crippen LogP contribution in [0.15, 0.2) is 0 Å². The second kappa shape index (κ2) is 30.9. The van der Waals surface area contributed by atoms with Gasteiger partial charge in [0.05, 0.1) is 19.8 Å². The lowest BCUT2D eigenvalue weighted by molar-refractivity contribution is -0.154. The standard InChI is InChI=1S/C32H66NO7P/c1-3-5-7-9-11-13-15-16-17-19-21-23-25-32(34)40-31(30-39-41(35,36)38-28-26-33)29-37-27-24-22-20-18-14-12-10-8-6-4-2/h31H,3-30,33H2,1-2H3,(H,35,36). The molecule has 0 aromatic carbocycles. The highest BCUT2D eigenvalue weighted by Crippen LogP contribution is 2.43. The number of unbranched alkanes of at least 4 members (excludes halogenated alkanes) is 20. The molecule has 3 N–H and O–H groups in total. The number of carbonyl (C=O) groups is 1. The van der Waals surface area contributed by atoms with Crippen LogP contribution in [0.2, 0.25) is 0 Å². The fraction of sp³-hybridized carbons (Fsp3) is 0.969. The van der Waals surface area contributed by atoms with E-state index in [-0.39, 0.29) is 32.3 Å². The molecule has 0 bridgehead atoms. The van der Waals surface area contributed by atoms with Gasteiger partial charge in [-0.1, -0.05) is 142 Å². The van der Waals surface area contributed by atoms with Gasteiger partial charge in [0, 0.05) is 19.6 Å². The molecule has 8 nitrogen and oxygen atoms in total. The van der Waals surface area contributed by atoms with Gasteiger partial charge in [0.15, 0.2) is 0 Å². The van der Waals surface area contributed by atoms with Gasteiger partial charge in [0.2, 0.25) is 0 Å². The maximum absolute atomic E-state index is 12.4. The molecule has 0 saturated heterocycles. The van der Waals surface area contributed by atoms with Gasteiger partial charge in [0.1, 0.15) is 6.10 Å². The van der Waals surface area contributed by atoms with E-state index in [0.717, 1.165) is 32.1 Å². The Morgan fingerprint density at radius 3 is 1.54 bits per heavy atom. The maximum Gasteiger partial charge on any atom is 0.472 e. The fourth-order valence-corrected chi connectivity index (χ4v) is 5.53. The van der Waals surface area contributed by atoms with Crippen LogP contribution in [0.3, 0.4) is 0 Å². The van der Waals surface area contributed by atoms with E-state index in [2.05, 4.69) is 13.8 Å². The Bertz CT molecular complexity index is 609. The monoisotopic (exact) mass is 607 g/mol. The lowest BCUT2D eigenvalue weighted by Gasteiger charge is -2.20. The molecule has 246 valence electrons. The van der Waals surface area contributed by atoms with Crippen molar-refractivity contribution in [1.29, 1.82) is 0 Å². The highest BCUT2D eigenvalue weighted by molar-refractivity contribution is 7.47. The van der Waals surface area contributed by atoms with Gasteiger partial charge in [-0.2, -0.15) is 0 Å². The van der Waals surface area contributed by atoms with E-state index in [1.807, 2.05) is 0 Å². The molecule has 0 spiro atoms. The number of phosphoric ester groups is 1. The summed E-state index contributed by atoms with van der Waals surface area (Å²) in [5.74, 6) is -0.330. The van der Waals surface area contributed by atoms with E-state index in [9.17, 15) is 14.3 Å². The number of hydrogen-bond donors (Lipinski definition) is 2. The summed E-state index contributed by atoms with van der Waals surface area (Å²) in [6.45, 7) is 4.92. The lowest BCUT2D eigenvalue weighted by Crippen LogP contribution is -2.28. The smallest absolute Gasteiger partial charge is 0.457 e. The lowest BCUT2D eigenvalue weighted by atomic mass is 10.0. The normalized spacial score (nSPS) is 13.8. The van der Waals surface area contributed by atoms with E-state index < -0.39 is 13.9 Å². The van der Waals surface area contributed by atoms with Crippen LogP contribution in [0.1, 0.15) is 162 Å². The van der Waals surface area contributed by atoms with Crippen LogP contribution in [0.5, 0.6) is 0 Å². The van der Waals surface area contributed by atoms with E-state index in [0.29, 0.717) is 13.0 Å². The molecule has 0 fully saturated rings. The number of ether oxygens (including phenoxy) is 2. The van der Waals surface area contributed by atoms with Crippen molar-refractivity contribution in [2.24, 2.45) is 5.73 Å². The minimum Gasteiger partial charge on any atom is -0.457 e. The number of esters is 1. The van der Waals surface area contributed by atoms with Crippen LogP contribution in [0.25, 0.3) is 0 Å². The minimum atomic E-state index is -4.25. The Hall–Kier alpha value is -0.500. The predicted molar refractivity (Wildman–Crippen MR) is 169 cm³/mol. The number of phosphoric acid groups is 1. The van der Waals surface area contributed by atoms with Crippen LogP contribution in [-0.4, -0.2) is 49.9 Å². The molecule has 41 heavy (non-hydrogen) atoms. The van der Waals surface area contributed by atoms with Gasteiger partial charge in [-0.05, 0) is 12.8 Å². The summed E-state index contributed by atoms with van der Waals surface area (Å²) in [4.78, 5) is 22.2. The third kappa shape index (κ3) is 30.8. The summed E-state index contributed by atoms with van der Waals surface area (Å²) in [5, 5.41) is 0. The molecule has 2 unspecified atom stereocenters. The fourth-order valence-electron chi connectivity index (χ4n) is 4.76. The second-order valence-electron chi connectivity index (χ2n) is 11.4. The Kier molecular flexibility index (Phi) is 30.6. The first-order valence-corrected chi connectivity index (χ1v) is 18.5. The molecule has 0 heterocycles. The average molecular weight is 608 g/mol. The van der Waals surface area contributed by atoms with E-state index in [1.54, 1.807) is 0 Å². The molecule has 0 aromatic rings. The zero-order valence-electron chi connectivity index (χ0n) is 26.8. The second-order valence-corrected chi connectivity index (χ2v) is 12.8. The molecular weight excluding hydrogens is 541 g/mol. The summed E-state index contributed by atoms with van der Waals surface area (Å²) in [6.07, 6.45) is 26.8. The zero-order chi connectivity index (χ0) is 30.3. The summed E-state index contributed by atoms with van der Waals surface area (Å²) < 4.78 is 33.1. The van der Waals surface area contributed by atoms with Gasteiger partial charge in [-0.25, -0.2) is 4.57 Å². The molecule has 0 aliphatic carbocycles. The van der Waals surface area contributed by atoms with Gasteiger partial charge in [-0.15, -0.1) is 0 Å². The molecule has 0 radical (unpaired) electrons. The van der Waals surface area contributed by atoms with Crippen molar-refractivity contribution in [3.63, 3.8) is 0 Å². The Morgan fingerprint density at radius 1 is 0.634 bits per heavy atom. The summed E-state index contributed by atoms with van der Waals surface area (Å²) in [6, 6.07) is 0. The van der Waals surface area contributed by atoms with Crippen molar-refractivity contribution >= 4 is 13.8 Å². The molecule has 2 atom stereocenters. The molecule has 0 rings (SSSR count). The quantitative estimate of drug-likeness (QED) is 0.0431. The zero-order valence-corrected chi connectivity index (χ0v) is 27.7. The number of rotatable bonds is 33. The number of hydrogen-bond acceptors (Lipinski definition) is 7. The van der Waals surface area contributed by atoms with Crippen molar-refractivity contribution in [3.05, 3.63) is 0 Å². The van der Waals surface area contributed by atoms with E-state index >= 15 is 0 Å². The molecular formula is C32H66NO7P. The number of carbonyl (C=O) groups excluding carboxylic acids is 1. The van der Waals surface area contributed by atoms with Crippen LogP contribution in [0.4, 0.5) is 0 Å². The molecule has 0 aromatic heterocycles. The number of nitrogens with two attached hydrogens (primary N) is 1. The SMILES string of the molecule is CCCCCCCCCCCCCCC(=O)OC(COCCCCCCCCCCCC)COP(=O)(O)OCCN. The third-order valence-electron chi connectivity index (χ3n) is 7.27. The van der Waals surface area contributed by atoms with Crippen molar-refractivity contribution < 1.29 is 32.8 Å². The topological polar surface area (TPSA) is 117 Å². The van der Waals surface area contributed by atoms with Crippen LogP contribution in [0, 0.1) is 0 Å². The minimum absolute atomic E-state index is 0.0908. The predicted octanol–water partition coefficient (Wildman–Crippen LogP) is 9.02. The van der Waals surface area contributed by atoms with Crippen LogP contribution in [-0.2, 0) is 27.9 Å². The third-order valence-corrected chi connectivity index (χ3v) is 8.26. The Balaban J connectivity index is 4.11. The molecule has 0 saturated carbocycles. The summed E-state index contributed by atoms with van der Waals surface area (Å²) in [7, 11) is -4.25. The first-order valence-electron chi connectivity index (χ1n) is 17.0. The van der Waals surface area contributed by atoms with Crippen molar-refractivity contribution in [3.8, 4) is 0 Å². The van der Waals surface area contributed by atoms with Gasteiger partial charge >= 0.3 is 13.8 Å². The van der Waals surface area contributed by atoms with Gasteiger partial charge in [-0.3, -0.25) is 13.8 Å². The average Bonchev–Trinajstić information content (AvgIpc) is 2.96. The molecule has 0 amide bonds. The molecule has 9 heteroatoms. The highest BCUT2D eigenvalue weighted by atomic mass is 31.2. The summed E-state index contributed by atoms with van der Waals surface area (Å²) >= 11 is 0. The first-order chi connectivity index (χ1) is 19.9. The van der Waals surface area contributed by atoms with Gasteiger partial charge < -0.3 is 20.1 Å². The van der Waals surface area contributed by atoms with E-state index in [1.165, 1.54) is 109 Å². The Morgan fingerprint density at radius 2 is 1.07 bits per heavy atom. The molecule has 0 aliphatic heterocycles. The van der Waals surface area contributed by atoms with Crippen LogP contribution < -0.4 is 5.73 Å².